The molecule has 1 unspecified atom stereocenters. The molecule has 0 saturated carbocycles. The quantitative estimate of drug-likeness (QED) is 0.868. The van der Waals surface area contributed by atoms with Crippen LogP contribution in [0, 0.1) is 12.8 Å². The molecular weight excluding hydrogens is 322 g/mol. The molecule has 2 rings (SSSR count). The number of benzene rings is 1. The third-order valence-electron chi connectivity index (χ3n) is 3.54. The number of nitrogens with two attached hydrogens (primary N) is 1. The van der Waals surface area contributed by atoms with E-state index in [-0.39, 0.29) is 17.9 Å². The average Bonchev–Trinajstić information content (AvgIpc) is 2.42. The highest BCUT2D eigenvalue weighted by atomic mass is 79.9. The first-order valence-corrected chi connectivity index (χ1v) is 7.38. The maximum absolute atomic E-state index is 12.2. The van der Waals surface area contributed by atoms with Gasteiger partial charge in [0, 0.05) is 23.2 Å². The van der Waals surface area contributed by atoms with Crippen LogP contribution < -0.4 is 11.1 Å². The summed E-state index contributed by atoms with van der Waals surface area (Å²) >= 11 is 3.39. The summed E-state index contributed by atoms with van der Waals surface area (Å²) in [6, 6.07) is 5.50. The number of nitrogens with one attached hydrogen (secondary N) is 1. The predicted molar refractivity (Wildman–Crippen MR) is 81.4 cm³/mol. The number of nitrogens with zero attached hydrogens (tertiary/aromatic N) is 1. The van der Waals surface area contributed by atoms with E-state index >= 15 is 0 Å². The molecule has 1 atom stereocenters. The number of amides is 3. The van der Waals surface area contributed by atoms with Gasteiger partial charge in [0.15, 0.2) is 0 Å². The maximum atomic E-state index is 12.2. The van der Waals surface area contributed by atoms with E-state index in [2.05, 4.69) is 21.2 Å². The predicted octanol–water partition coefficient (Wildman–Crippen LogP) is 2.49. The van der Waals surface area contributed by atoms with Gasteiger partial charge in [0.05, 0.1) is 5.92 Å². The second kappa shape index (κ2) is 6.26. The number of primary amides is 1. The molecule has 0 aliphatic carbocycles. The summed E-state index contributed by atoms with van der Waals surface area (Å²) in [7, 11) is 0. The molecule has 5 nitrogen and oxygen atoms in total. The number of rotatable bonds is 2. The molecule has 1 aromatic carbocycles. The number of halogens is 1. The third kappa shape index (κ3) is 3.50. The summed E-state index contributed by atoms with van der Waals surface area (Å²) in [5.41, 5.74) is 7.08. The van der Waals surface area contributed by atoms with Gasteiger partial charge in [-0.2, -0.15) is 0 Å². The number of piperidine rings is 1. The molecule has 6 heteroatoms. The largest absolute Gasteiger partial charge is 0.369 e. The SMILES string of the molecule is Cc1cc(Br)ccc1NC(=O)N1CCCC(C(N)=O)C1. The smallest absolute Gasteiger partial charge is 0.321 e. The summed E-state index contributed by atoms with van der Waals surface area (Å²) in [5.74, 6) is -0.567. The number of carbonyl (C=O) groups excluding carboxylic acids is 2. The molecule has 1 aromatic rings. The minimum absolute atomic E-state index is 0.179. The second-order valence-corrected chi connectivity index (χ2v) is 5.99. The Kier molecular flexibility index (Phi) is 4.65. The normalized spacial score (nSPS) is 18.7. The number of likely N-dealkylation sites (tertiary alicyclic amines) is 1. The highest BCUT2D eigenvalue weighted by Crippen LogP contribution is 2.22. The summed E-state index contributed by atoms with van der Waals surface area (Å²) in [5, 5.41) is 2.88. The van der Waals surface area contributed by atoms with Gasteiger partial charge in [-0.05, 0) is 43.5 Å². The van der Waals surface area contributed by atoms with Gasteiger partial charge in [-0.1, -0.05) is 15.9 Å². The van der Waals surface area contributed by atoms with Gasteiger partial charge in [-0.15, -0.1) is 0 Å². The maximum Gasteiger partial charge on any atom is 0.321 e. The van der Waals surface area contributed by atoms with Crippen LogP contribution in [0.1, 0.15) is 18.4 Å². The van der Waals surface area contributed by atoms with Crippen LogP contribution >= 0.6 is 15.9 Å². The van der Waals surface area contributed by atoms with E-state index in [0.29, 0.717) is 13.1 Å². The fourth-order valence-electron chi connectivity index (χ4n) is 2.36. The van der Waals surface area contributed by atoms with Crippen molar-refractivity contribution in [3.63, 3.8) is 0 Å². The Bertz CT molecular complexity index is 533. The fourth-order valence-corrected chi connectivity index (χ4v) is 2.83. The number of carbonyl (C=O) groups is 2. The number of anilines is 1. The number of urea groups is 1. The molecule has 3 N–H and O–H groups in total. The molecule has 1 fully saturated rings. The molecule has 1 aliphatic heterocycles. The van der Waals surface area contributed by atoms with E-state index in [9.17, 15) is 9.59 Å². The Morgan fingerprint density at radius 1 is 1.45 bits per heavy atom. The molecule has 0 bridgehead atoms. The van der Waals surface area contributed by atoms with Crippen molar-refractivity contribution in [1.82, 2.24) is 4.90 Å². The molecule has 0 spiro atoms. The van der Waals surface area contributed by atoms with Crippen LogP contribution in [-0.2, 0) is 4.79 Å². The fraction of sp³-hybridized carbons (Fsp3) is 0.429. The molecule has 0 aromatic heterocycles. The lowest BCUT2D eigenvalue weighted by Gasteiger charge is -2.31. The lowest BCUT2D eigenvalue weighted by molar-refractivity contribution is -0.123. The minimum atomic E-state index is -0.331. The van der Waals surface area contributed by atoms with Crippen molar-refractivity contribution in [2.45, 2.75) is 19.8 Å². The Labute approximate surface area is 126 Å². The van der Waals surface area contributed by atoms with Gasteiger partial charge in [0.25, 0.3) is 0 Å². The van der Waals surface area contributed by atoms with E-state index in [1.165, 1.54) is 0 Å². The van der Waals surface area contributed by atoms with Gasteiger partial charge in [0.1, 0.15) is 0 Å². The zero-order chi connectivity index (χ0) is 14.7. The Morgan fingerprint density at radius 3 is 2.85 bits per heavy atom. The highest BCUT2D eigenvalue weighted by Gasteiger charge is 2.27. The molecule has 0 radical (unpaired) electrons. The van der Waals surface area contributed by atoms with Crippen LogP contribution in [-0.4, -0.2) is 29.9 Å². The Morgan fingerprint density at radius 2 is 2.20 bits per heavy atom. The van der Waals surface area contributed by atoms with Crippen LogP contribution in [0.4, 0.5) is 10.5 Å². The molecular formula is C14H18BrN3O2. The van der Waals surface area contributed by atoms with Gasteiger partial charge >= 0.3 is 6.03 Å². The van der Waals surface area contributed by atoms with Crippen LogP contribution in [0.3, 0.4) is 0 Å². The number of hydrogen-bond donors (Lipinski definition) is 2. The molecule has 108 valence electrons. The van der Waals surface area contributed by atoms with Crippen LogP contribution in [0.5, 0.6) is 0 Å². The summed E-state index contributed by atoms with van der Waals surface area (Å²) < 4.78 is 0.972. The van der Waals surface area contributed by atoms with Crippen molar-refractivity contribution < 1.29 is 9.59 Å². The monoisotopic (exact) mass is 339 g/mol. The van der Waals surface area contributed by atoms with Crippen LogP contribution in [0.25, 0.3) is 0 Å². The first-order valence-electron chi connectivity index (χ1n) is 6.59. The molecule has 3 amide bonds. The van der Waals surface area contributed by atoms with Crippen molar-refractivity contribution in [2.75, 3.05) is 18.4 Å². The Balaban J connectivity index is 2.02. The molecule has 1 saturated heterocycles. The molecule has 1 aliphatic rings. The van der Waals surface area contributed by atoms with Crippen molar-refractivity contribution in [2.24, 2.45) is 11.7 Å². The van der Waals surface area contributed by atoms with Gasteiger partial charge < -0.3 is 16.0 Å². The lowest BCUT2D eigenvalue weighted by atomic mass is 9.98. The number of hydrogen-bond acceptors (Lipinski definition) is 2. The minimum Gasteiger partial charge on any atom is -0.369 e. The molecule has 1 heterocycles. The topological polar surface area (TPSA) is 75.4 Å². The summed E-state index contributed by atoms with van der Waals surface area (Å²) in [6.45, 7) is 2.99. The third-order valence-corrected chi connectivity index (χ3v) is 4.03. The summed E-state index contributed by atoms with van der Waals surface area (Å²) in [4.78, 5) is 25.1. The first-order chi connectivity index (χ1) is 9.47. The highest BCUT2D eigenvalue weighted by molar-refractivity contribution is 9.10. The van der Waals surface area contributed by atoms with E-state index in [1.807, 2.05) is 25.1 Å². The van der Waals surface area contributed by atoms with Gasteiger partial charge in [0.2, 0.25) is 5.91 Å². The number of aryl methyl sites for hydroxylation is 1. The van der Waals surface area contributed by atoms with Crippen molar-refractivity contribution in [3.05, 3.63) is 28.2 Å². The van der Waals surface area contributed by atoms with E-state index in [4.69, 9.17) is 5.73 Å². The first kappa shape index (κ1) is 14.8. The molecule has 20 heavy (non-hydrogen) atoms. The Hall–Kier alpha value is -1.56. The van der Waals surface area contributed by atoms with Crippen molar-refractivity contribution in [3.8, 4) is 0 Å². The average molecular weight is 340 g/mol. The summed E-state index contributed by atoms with van der Waals surface area (Å²) in [6.07, 6.45) is 1.57. The zero-order valence-corrected chi connectivity index (χ0v) is 12.9. The van der Waals surface area contributed by atoms with E-state index < -0.39 is 0 Å². The van der Waals surface area contributed by atoms with Crippen molar-refractivity contribution >= 4 is 33.6 Å². The van der Waals surface area contributed by atoms with Gasteiger partial charge in [-0.3, -0.25) is 4.79 Å². The van der Waals surface area contributed by atoms with Crippen LogP contribution in [0.15, 0.2) is 22.7 Å². The van der Waals surface area contributed by atoms with Crippen LogP contribution in [0.2, 0.25) is 0 Å². The van der Waals surface area contributed by atoms with E-state index in [0.717, 1.165) is 28.6 Å². The lowest BCUT2D eigenvalue weighted by Crippen LogP contribution is -2.45. The standard InChI is InChI=1S/C14H18BrN3O2/c1-9-7-11(15)4-5-12(9)17-14(20)18-6-2-3-10(8-18)13(16)19/h4-5,7,10H,2-3,6,8H2,1H3,(H2,16,19)(H,17,20). The van der Waals surface area contributed by atoms with Gasteiger partial charge in [-0.25, -0.2) is 4.79 Å². The second-order valence-electron chi connectivity index (χ2n) is 5.08. The van der Waals surface area contributed by atoms with Crippen molar-refractivity contribution in [1.29, 1.82) is 0 Å². The zero-order valence-electron chi connectivity index (χ0n) is 11.4. The van der Waals surface area contributed by atoms with E-state index in [1.54, 1.807) is 4.90 Å².